The molecule has 5 nitrogen and oxygen atoms in total. The molecule has 20 heavy (non-hydrogen) atoms. The molecule has 5 unspecified atom stereocenters. The Morgan fingerprint density at radius 1 is 1.30 bits per heavy atom. The summed E-state index contributed by atoms with van der Waals surface area (Å²) in [5.74, 6) is -1.34. The number of hydrogen-bond acceptors (Lipinski definition) is 3. The molecule has 5 heteroatoms. The van der Waals surface area contributed by atoms with Gasteiger partial charge in [0.25, 0.3) is 0 Å². The number of rotatable bonds is 5. The smallest absolute Gasteiger partial charge is 0.305 e. The number of carboxylic acids is 1. The highest BCUT2D eigenvalue weighted by Crippen LogP contribution is 2.53. The Kier molecular flexibility index (Phi) is 3.15. The van der Waals surface area contributed by atoms with Gasteiger partial charge in [-0.2, -0.15) is 0 Å². The third kappa shape index (κ3) is 1.79. The number of fused-ring (bicyclic) bond motifs is 5. The van der Waals surface area contributed by atoms with Crippen molar-refractivity contribution >= 4 is 17.8 Å². The Hall–Kier alpha value is -1.65. The van der Waals surface area contributed by atoms with Crippen molar-refractivity contribution in [3.8, 4) is 0 Å². The molecule has 2 bridgehead atoms. The average Bonchev–Trinajstić information content (AvgIpc) is 3.03. The average molecular weight is 277 g/mol. The van der Waals surface area contributed by atoms with E-state index in [-0.39, 0.29) is 41.9 Å². The number of hydrogen-bond donors (Lipinski definition) is 1. The van der Waals surface area contributed by atoms with Crippen LogP contribution in [0, 0.1) is 23.7 Å². The Balaban J connectivity index is 1.86. The lowest BCUT2D eigenvalue weighted by atomic mass is 9.85. The zero-order valence-corrected chi connectivity index (χ0v) is 11.5. The van der Waals surface area contributed by atoms with E-state index in [0.717, 1.165) is 12.8 Å². The summed E-state index contributed by atoms with van der Waals surface area (Å²) in [6, 6.07) is -0.484. The number of amides is 2. The van der Waals surface area contributed by atoms with Gasteiger partial charge in [0.05, 0.1) is 24.3 Å². The summed E-state index contributed by atoms with van der Waals surface area (Å²) in [6.07, 6.45) is 6.17. The molecular formula is C15H19NO4. The third-order valence-corrected chi connectivity index (χ3v) is 4.90. The lowest BCUT2D eigenvalue weighted by Crippen LogP contribution is -2.42. The predicted molar refractivity (Wildman–Crippen MR) is 70.5 cm³/mol. The Morgan fingerprint density at radius 3 is 2.30 bits per heavy atom. The molecule has 0 aromatic carbocycles. The maximum Gasteiger partial charge on any atom is 0.305 e. The van der Waals surface area contributed by atoms with Crippen LogP contribution in [0.1, 0.15) is 32.6 Å². The van der Waals surface area contributed by atoms with Crippen LogP contribution in [0.5, 0.6) is 0 Å². The molecule has 1 saturated heterocycles. The van der Waals surface area contributed by atoms with Crippen molar-refractivity contribution in [2.75, 3.05) is 0 Å². The molecule has 3 rings (SSSR count). The van der Waals surface area contributed by atoms with Gasteiger partial charge in [0.1, 0.15) is 0 Å². The molecule has 3 aliphatic rings. The fraction of sp³-hybridized carbons (Fsp3) is 0.667. The minimum Gasteiger partial charge on any atom is -0.481 e. The molecule has 1 aliphatic heterocycles. The first-order valence-corrected chi connectivity index (χ1v) is 7.31. The van der Waals surface area contributed by atoms with Crippen LogP contribution < -0.4 is 0 Å². The molecule has 0 aromatic heterocycles. The van der Waals surface area contributed by atoms with Crippen molar-refractivity contribution in [1.82, 2.24) is 4.90 Å². The second-order valence-electron chi connectivity index (χ2n) is 6.09. The molecule has 5 atom stereocenters. The summed E-state index contributed by atoms with van der Waals surface area (Å²) in [4.78, 5) is 37.4. The van der Waals surface area contributed by atoms with Gasteiger partial charge in [0.15, 0.2) is 0 Å². The van der Waals surface area contributed by atoms with Crippen LogP contribution in [-0.2, 0) is 14.4 Å². The van der Waals surface area contributed by atoms with Gasteiger partial charge in [-0.1, -0.05) is 25.5 Å². The van der Waals surface area contributed by atoms with Gasteiger partial charge in [0, 0.05) is 0 Å². The third-order valence-electron chi connectivity index (χ3n) is 4.90. The number of allylic oxidation sites excluding steroid dienone is 2. The lowest BCUT2D eigenvalue weighted by molar-refractivity contribution is -0.146. The van der Waals surface area contributed by atoms with Gasteiger partial charge in [-0.05, 0) is 24.7 Å². The molecule has 1 saturated carbocycles. The summed E-state index contributed by atoms with van der Waals surface area (Å²) in [5.41, 5.74) is 0. The normalized spacial score (nSPS) is 35.8. The predicted octanol–water partition coefficient (Wildman–Crippen LogP) is 1.44. The molecule has 1 heterocycles. The standard InChI is InChI=1S/C15H19NO4/c1-2-3-10(7-11(17)18)16-14(19)12-8-4-5-9(6-8)13(12)15(16)20/h4-5,8-10,12-13H,2-3,6-7H2,1H3,(H,17,18). The maximum atomic E-state index is 12.6. The van der Waals surface area contributed by atoms with E-state index < -0.39 is 12.0 Å². The highest BCUT2D eigenvalue weighted by Gasteiger charge is 2.60. The second kappa shape index (κ2) is 4.72. The monoisotopic (exact) mass is 277 g/mol. The van der Waals surface area contributed by atoms with Gasteiger partial charge in [0.2, 0.25) is 11.8 Å². The van der Waals surface area contributed by atoms with Gasteiger partial charge in [-0.15, -0.1) is 0 Å². The van der Waals surface area contributed by atoms with Crippen molar-refractivity contribution in [2.45, 2.75) is 38.6 Å². The van der Waals surface area contributed by atoms with E-state index in [4.69, 9.17) is 5.11 Å². The molecule has 0 aromatic rings. The Labute approximate surface area is 117 Å². The summed E-state index contributed by atoms with van der Waals surface area (Å²) >= 11 is 0. The minimum atomic E-state index is -0.956. The molecule has 0 radical (unpaired) electrons. The quantitative estimate of drug-likeness (QED) is 0.609. The Morgan fingerprint density at radius 2 is 1.85 bits per heavy atom. The molecule has 1 N–H and O–H groups in total. The van der Waals surface area contributed by atoms with Crippen molar-refractivity contribution in [3.63, 3.8) is 0 Å². The number of carbonyl (C=O) groups excluding carboxylic acids is 2. The van der Waals surface area contributed by atoms with Crippen LogP contribution in [0.4, 0.5) is 0 Å². The molecule has 2 aliphatic carbocycles. The van der Waals surface area contributed by atoms with E-state index in [1.807, 2.05) is 19.1 Å². The first-order chi connectivity index (χ1) is 9.54. The number of nitrogens with zero attached hydrogens (tertiary/aromatic N) is 1. The summed E-state index contributed by atoms with van der Waals surface area (Å²) in [7, 11) is 0. The van der Waals surface area contributed by atoms with Crippen molar-refractivity contribution in [1.29, 1.82) is 0 Å². The maximum absolute atomic E-state index is 12.6. The topological polar surface area (TPSA) is 74.7 Å². The minimum absolute atomic E-state index is 0.142. The van der Waals surface area contributed by atoms with Crippen LogP contribution >= 0.6 is 0 Å². The van der Waals surface area contributed by atoms with Crippen LogP contribution in [0.3, 0.4) is 0 Å². The van der Waals surface area contributed by atoms with Gasteiger partial charge >= 0.3 is 5.97 Å². The zero-order valence-electron chi connectivity index (χ0n) is 11.5. The summed E-state index contributed by atoms with van der Waals surface area (Å²) in [5, 5.41) is 9.00. The molecule has 0 spiro atoms. The molecule has 2 amide bonds. The van der Waals surface area contributed by atoms with E-state index in [1.165, 1.54) is 4.90 Å². The van der Waals surface area contributed by atoms with Crippen molar-refractivity contribution in [3.05, 3.63) is 12.2 Å². The van der Waals surface area contributed by atoms with Crippen molar-refractivity contribution < 1.29 is 19.5 Å². The number of carboxylic acid groups (broad SMARTS) is 1. The molecular weight excluding hydrogens is 258 g/mol. The SMILES string of the molecule is CCCC(CC(=O)O)N1C(=O)C2C3C=CC(C3)C2C1=O. The zero-order chi connectivity index (χ0) is 14.4. The van der Waals surface area contributed by atoms with Gasteiger partial charge < -0.3 is 5.11 Å². The van der Waals surface area contributed by atoms with E-state index in [0.29, 0.717) is 6.42 Å². The summed E-state index contributed by atoms with van der Waals surface area (Å²) in [6.45, 7) is 1.94. The first kappa shape index (κ1) is 13.3. The lowest BCUT2D eigenvalue weighted by Gasteiger charge is -2.26. The number of imide groups is 1. The van der Waals surface area contributed by atoms with Crippen LogP contribution in [0.25, 0.3) is 0 Å². The van der Waals surface area contributed by atoms with Gasteiger partial charge in [-0.3, -0.25) is 19.3 Å². The first-order valence-electron chi connectivity index (χ1n) is 7.31. The van der Waals surface area contributed by atoms with Crippen LogP contribution in [-0.4, -0.2) is 33.8 Å². The number of aliphatic carboxylic acids is 1. The largest absolute Gasteiger partial charge is 0.481 e. The van der Waals surface area contributed by atoms with Crippen LogP contribution in [0.2, 0.25) is 0 Å². The van der Waals surface area contributed by atoms with E-state index >= 15 is 0 Å². The Bertz CT molecular complexity index is 468. The highest BCUT2D eigenvalue weighted by atomic mass is 16.4. The fourth-order valence-electron chi connectivity index (χ4n) is 4.14. The summed E-state index contributed by atoms with van der Waals surface area (Å²) < 4.78 is 0. The molecule has 2 fully saturated rings. The van der Waals surface area contributed by atoms with E-state index in [1.54, 1.807) is 0 Å². The molecule has 108 valence electrons. The fourth-order valence-corrected chi connectivity index (χ4v) is 4.14. The van der Waals surface area contributed by atoms with Gasteiger partial charge in [-0.25, -0.2) is 0 Å². The van der Waals surface area contributed by atoms with E-state index in [2.05, 4.69) is 0 Å². The number of carbonyl (C=O) groups is 3. The van der Waals surface area contributed by atoms with Crippen LogP contribution in [0.15, 0.2) is 12.2 Å². The van der Waals surface area contributed by atoms with Crippen molar-refractivity contribution in [2.24, 2.45) is 23.7 Å². The second-order valence-corrected chi connectivity index (χ2v) is 6.09. The highest BCUT2D eigenvalue weighted by molar-refractivity contribution is 6.06. The number of likely N-dealkylation sites (tertiary alicyclic amines) is 1. The van der Waals surface area contributed by atoms with E-state index in [9.17, 15) is 14.4 Å².